The van der Waals surface area contributed by atoms with Crippen molar-refractivity contribution < 1.29 is 14.6 Å². The molecule has 2 atom stereocenters. The van der Waals surface area contributed by atoms with Gasteiger partial charge in [-0.2, -0.15) is 0 Å². The molecule has 122 valence electrons. The summed E-state index contributed by atoms with van der Waals surface area (Å²) in [5.74, 6) is -0.0712. The fourth-order valence-corrected chi connectivity index (χ4v) is 2.67. The van der Waals surface area contributed by atoms with E-state index in [1.165, 1.54) is 5.56 Å². The van der Waals surface area contributed by atoms with E-state index in [-0.39, 0.29) is 18.6 Å². The van der Waals surface area contributed by atoms with Crippen LogP contribution in [0.4, 0.5) is 0 Å². The Hall–Kier alpha value is -1.43. The molecule has 1 aliphatic rings. The van der Waals surface area contributed by atoms with Gasteiger partial charge in [-0.15, -0.1) is 0 Å². The molecule has 2 N–H and O–H groups in total. The van der Waals surface area contributed by atoms with Gasteiger partial charge in [-0.25, -0.2) is 0 Å². The fraction of sp³-hybridized carbons (Fsp3) is 0.588. The molecule has 0 saturated carbocycles. The molecule has 0 bridgehead atoms. The Balaban J connectivity index is 1.85. The summed E-state index contributed by atoms with van der Waals surface area (Å²) in [5.41, 5.74) is 1.25. The van der Waals surface area contributed by atoms with Gasteiger partial charge in [0.05, 0.1) is 6.61 Å². The van der Waals surface area contributed by atoms with Crippen molar-refractivity contribution in [3.05, 3.63) is 35.9 Å². The molecule has 2 unspecified atom stereocenters. The first-order valence-electron chi connectivity index (χ1n) is 8.02. The van der Waals surface area contributed by atoms with Crippen LogP contribution in [0.1, 0.15) is 25.3 Å². The number of carbonyl (C=O) groups is 1. The molecule has 2 rings (SSSR count). The molecule has 1 aliphatic heterocycles. The van der Waals surface area contributed by atoms with Crippen LogP contribution in [-0.2, 0) is 16.1 Å². The summed E-state index contributed by atoms with van der Waals surface area (Å²) < 4.78 is 5.62. The van der Waals surface area contributed by atoms with Gasteiger partial charge in [-0.05, 0) is 18.4 Å². The van der Waals surface area contributed by atoms with Gasteiger partial charge in [0.15, 0.2) is 0 Å². The number of carbonyl (C=O) groups excluding carboxylic acids is 1. The third-order valence-electron chi connectivity index (χ3n) is 4.01. The van der Waals surface area contributed by atoms with Gasteiger partial charge < -0.3 is 15.2 Å². The maximum atomic E-state index is 12.3. The predicted octanol–water partition coefficient (Wildman–Crippen LogP) is 1.16. The molecule has 0 spiro atoms. The molecule has 0 radical (unpaired) electrons. The number of hydrogen-bond acceptors (Lipinski definition) is 4. The van der Waals surface area contributed by atoms with E-state index in [0.29, 0.717) is 19.6 Å². The number of aliphatic hydroxyl groups is 1. The summed E-state index contributed by atoms with van der Waals surface area (Å²) in [6.45, 7) is 4.95. The van der Waals surface area contributed by atoms with E-state index >= 15 is 0 Å². The number of ether oxygens (including phenoxy) is 1. The third kappa shape index (κ3) is 5.09. The number of amides is 1. The highest BCUT2D eigenvalue weighted by molar-refractivity contribution is 5.81. The Morgan fingerprint density at radius 1 is 1.45 bits per heavy atom. The zero-order chi connectivity index (χ0) is 15.8. The van der Waals surface area contributed by atoms with Crippen molar-refractivity contribution in [3.63, 3.8) is 0 Å². The molecule has 1 heterocycles. The van der Waals surface area contributed by atoms with E-state index < -0.39 is 6.10 Å². The van der Waals surface area contributed by atoms with Crippen molar-refractivity contribution in [1.82, 2.24) is 10.2 Å². The number of hydrogen-bond donors (Lipinski definition) is 2. The fourth-order valence-electron chi connectivity index (χ4n) is 2.67. The highest BCUT2D eigenvalue weighted by atomic mass is 16.5. The maximum absolute atomic E-state index is 12.3. The average Bonchev–Trinajstić information content (AvgIpc) is 2.55. The third-order valence-corrected chi connectivity index (χ3v) is 4.01. The second-order valence-electron chi connectivity index (χ2n) is 5.71. The van der Waals surface area contributed by atoms with Crippen LogP contribution in [0.15, 0.2) is 30.3 Å². The molecular formula is C17H26N2O3. The number of aliphatic hydroxyl groups excluding tert-OH is 1. The molecule has 0 aliphatic carbocycles. The molecule has 5 nitrogen and oxygen atoms in total. The summed E-state index contributed by atoms with van der Waals surface area (Å²) in [6, 6.07) is 10.3. The lowest BCUT2D eigenvalue weighted by Crippen LogP contribution is -2.51. The van der Waals surface area contributed by atoms with Crippen LogP contribution >= 0.6 is 0 Å². The second kappa shape index (κ2) is 8.88. The average molecular weight is 306 g/mol. The number of morpholine rings is 1. The number of nitrogens with one attached hydrogen (secondary N) is 1. The zero-order valence-corrected chi connectivity index (χ0v) is 13.2. The highest BCUT2D eigenvalue weighted by Crippen LogP contribution is 2.11. The van der Waals surface area contributed by atoms with Crippen LogP contribution in [0.25, 0.3) is 0 Å². The molecule has 1 amide bonds. The van der Waals surface area contributed by atoms with E-state index in [0.717, 1.165) is 19.5 Å². The topological polar surface area (TPSA) is 61.8 Å². The van der Waals surface area contributed by atoms with Crippen molar-refractivity contribution in [2.24, 2.45) is 0 Å². The minimum Gasteiger partial charge on any atom is -0.396 e. The molecule has 1 fully saturated rings. The second-order valence-corrected chi connectivity index (χ2v) is 5.71. The Morgan fingerprint density at radius 3 is 2.91 bits per heavy atom. The Morgan fingerprint density at radius 2 is 2.23 bits per heavy atom. The Bertz CT molecular complexity index is 452. The molecule has 5 heteroatoms. The van der Waals surface area contributed by atoms with Crippen molar-refractivity contribution >= 4 is 5.91 Å². The highest BCUT2D eigenvalue weighted by Gasteiger charge is 2.27. The summed E-state index contributed by atoms with van der Waals surface area (Å²) in [6.07, 6.45) is 0.973. The van der Waals surface area contributed by atoms with Gasteiger partial charge in [0.25, 0.3) is 5.91 Å². The van der Waals surface area contributed by atoms with Crippen molar-refractivity contribution in [2.45, 2.75) is 38.5 Å². The lowest BCUT2D eigenvalue weighted by atomic mass is 10.1. The van der Waals surface area contributed by atoms with Crippen molar-refractivity contribution in [3.8, 4) is 0 Å². The standard InChI is InChI=1S/C17H26N2O3/c1-2-15(8-10-20)18-17(21)16-13-19(9-11-22-16)12-14-6-4-3-5-7-14/h3-7,15-16,20H,2,8-13H2,1H3,(H,18,21). The lowest BCUT2D eigenvalue weighted by molar-refractivity contribution is -0.139. The zero-order valence-electron chi connectivity index (χ0n) is 13.2. The van der Waals surface area contributed by atoms with Gasteiger partial charge >= 0.3 is 0 Å². The number of benzene rings is 1. The van der Waals surface area contributed by atoms with Gasteiger partial charge in [0.2, 0.25) is 0 Å². The van der Waals surface area contributed by atoms with Gasteiger partial charge in [0, 0.05) is 32.3 Å². The van der Waals surface area contributed by atoms with Crippen LogP contribution < -0.4 is 5.32 Å². The summed E-state index contributed by atoms with van der Waals surface area (Å²) in [5, 5.41) is 12.0. The van der Waals surface area contributed by atoms with Crippen molar-refractivity contribution in [2.75, 3.05) is 26.3 Å². The first-order valence-corrected chi connectivity index (χ1v) is 8.02. The molecule has 1 aromatic rings. The van der Waals surface area contributed by atoms with E-state index in [1.54, 1.807) is 0 Å². The molecule has 1 aromatic carbocycles. The van der Waals surface area contributed by atoms with Gasteiger partial charge in [-0.1, -0.05) is 37.3 Å². The number of nitrogens with zero attached hydrogens (tertiary/aromatic N) is 1. The smallest absolute Gasteiger partial charge is 0.250 e. The SMILES string of the molecule is CCC(CCO)NC(=O)C1CN(Cc2ccccc2)CCO1. The van der Waals surface area contributed by atoms with E-state index in [1.807, 2.05) is 25.1 Å². The summed E-state index contributed by atoms with van der Waals surface area (Å²) in [4.78, 5) is 14.5. The first-order chi connectivity index (χ1) is 10.7. The minimum atomic E-state index is -0.426. The molecule has 1 saturated heterocycles. The van der Waals surface area contributed by atoms with Gasteiger partial charge in [0.1, 0.15) is 6.10 Å². The van der Waals surface area contributed by atoms with Crippen LogP contribution in [-0.4, -0.2) is 54.4 Å². The van der Waals surface area contributed by atoms with Crippen LogP contribution in [0, 0.1) is 0 Å². The van der Waals surface area contributed by atoms with E-state index in [9.17, 15) is 4.79 Å². The monoisotopic (exact) mass is 306 g/mol. The summed E-state index contributed by atoms with van der Waals surface area (Å²) >= 11 is 0. The molecular weight excluding hydrogens is 280 g/mol. The predicted molar refractivity (Wildman–Crippen MR) is 85.4 cm³/mol. The lowest BCUT2D eigenvalue weighted by Gasteiger charge is -2.33. The number of rotatable bonds is 7. The normalized spacial score (nSPS) is 20.5. The Kier molecular flexibility index (Phi) is 6.83. The Labute approximate surface area is 132 Å². The first kappa shape index (κ1) is 16.9. The van der Waals surface area contributed by atoms with E-state index in [2.05, 4.69) is 22.3 Å². The molecule has 22 heavy (non-hydrogen) atoms. The van der Waals surface area contributed by atoms with Crippen LogP contribution in [0.5, 0.6) is 0 Å². The largest absolute Gasteiger partial charge is 0.396 e. The van der Waals surface area contributed by atoms with Crippen LogP contribution in [0.3, 0.4) is 0 Å². The maximum Gasteiger partial charge on any atom is 0.250 e. The van der Waals surface area contributed by atoms with Crippen LogP contribution in [0.2, 0.25) is 0 Å². The van der Waals surface area contributed by atoms with E-state index in [4.69, 9.17) is 9.84 Å². The van der Waals surface area contributed by atoms with Gasteiger partial charge in [-0.3, -0.25) is 9.69 Å². The minimum absolute atomic E-state index is 0.0191. The molecule has 0 aromatic heterocycles. The van der Waals surface area contributed by atoms with Crippen molar-refractivity contribution in [1.29, 1.82) is 0 Å². The summed E-state index contributed by atoms with van der Waals surface area (Å²) in [7, 11) is 0. The quantitative estimate of drug-likeness (QED) is 0.794.